The third-order valence-corrected chi connectivity index (χ3v) is 5.20. The van der Waals surface area contributed by atoms with Crippen molar-refractivity contribution in [2.75, 3.05) is 33.8 Å². The average molecular weight is 439 g/mol. The molecule has 0 aliphatic carbocycles. The molecule has 0 aromatic heterocycles. The third-order valence-electron chi connectivity index (χ3n) is 5.20. The Morgan fingerprint density at radius 1 is 1.12 bits per heavy atom. The number of phenolic OH excluding ortho intramolecular Hbond substituents is 1. The number of Topliss-reactive ketones (excluding diaryl/α,β-unsaturated/α-hetero) is 1. The van der Waals surface area contributed by atoms with Crippen LogP contribution in [0.4, 0.5) is 0 Å². The molecule has 1 atom stereocenters. The molecule has 1 aliphatic heterocycles. The quantitative estimate of drug-likeness (QED) is 0.373. The molecular formula is C25H30N2O5. The van der Waals surface area contributed by atoms with E-state index in [-0.39, 0.29) is 17.1 Å². The lowest BCUT2D eigenvalue weighted by atomic mass is 9.95. The minimum atomic E-state index is -0.803. The Bertz CT molecular complexity index is 1030. The summed E-state index contributed by atoms with van der Waals surface area (Å²) in [6, 6.07) is 12.4. The van der Waals surface area contributed by atoms with Crippen LogP contribution < -0.4 is 4.74 Å². The number of hydrogen-bond donors (Lipinski definition) is 2. The fraction of sp³-hybridized carbons (Fsp3) is 0.360. The van der Waals surface area contributed by atoms with Gasteiger partial charge in [-0.25, -0.2) is 0 Å². The molecule has 0 spiro atoms. The summed E-state index contributed by atoms with van der Waals surface area (Å²) >= 11 is 0. The minimum absolute atomic E-state index is 0.000339. The summed E-state index contributed by atoms with van der Waals surface area (Å²) in [6.07, 6.45) is 0. The lowest BCUT2D eigenvalue weighted by molar-refractivity contribution is -0.140. The van der Waals surface area contributed by atoms with Gasteiger partial charge in [0.1, 0.15) is 17.3 Å². The maximum absolute atomic E-state index is 13.0. The molecule has 1 aliphatic rings. The zero-order valence-corrected chi connectivity index (χ0v) is 18.9. The van der Waals surface area contributed by atoms with E-state index in [1.807, 2.05) is 32.8 Å². The zero-order chi connectivity index (χ0) is 23.4. The van der Waals surface area contributed by atoms with Crippen molar-refractivity contribution in [3.63, 3.8) is 0 Å². The Morgan fingerprint density at radius 3 is 2.50 bits per heavy atom. The number of nitrogens with zero attached hydrogens (tertiary/aromatic N) is 2. The van der Waals surface area contributed by atoms with Crippen LogP contribution in [-0.2, 0) is 9.59 Å². The molecule has 170 valence electrons. The van der Waals surface area contributed by atoms with Crippen molar-refractivity contribution >= 4 is 17.4 Å². The van der Waals surface area contributed by atoms with Crippen LogP contribution in [0.5, 0.6) is 11.5 Å². The number of amides is 1. The van der Waals surface area contributed by atoms with Gasteiger partial charge in [-0.3, -0.25) is 9.59 Å². The van der Waals surface area contributed by atoms with Crippen LogP contribution in [-0.4, -0.2) is 65.5 Å². The molecule has 1 heterocycles. The number of ketones is 1. The van der Waals surface area contributed by atoms with E-state index in [1.165, 1.54) is 17.0 Å². The topological polar surface area (TPSA) is 90.3 Å². The van der Waals surface area contributed by atoms with Gasteiger partial charge >= 0.3 is 0 Å². The molecule has 1 fully saturated rings. The van der Waals surface area contributed by atoms with E-state index >= 15 is 0 Å². The summed E-state index contributed by atoms with van der Waals surface area (Å²) in [5, 5.41) is 21.2. The molecular weight excluding hydrogens is 408 g/mol. The first kappa shape index (κ1) is 23.3. The van der Waals surface area contributed by atoms with Crippen LogP contribution in [0.15, 0.2) is 54.1 Å². The monoisotopic (exact) mass is 438 g/mol. The summed E-state index contributed by atoms with van der Waals surface area (Å²) in [4.78, 5) is 29.3. The first-order chi connectivity index (χ1) is 15.2. The van der Waals surface area contributed by atoms with Gasteiger partial charge in [0, 0.05) is 18.7 Å². The summed E-state index contributed by atoms with van der Waals surface area (Å²) in [5.74, 6) is -0.764. The molecule has 1 saturated heterocycles. The number of phenols is 1. The van der Waals surface area contributed by atoms with E-state index in [1.54, 1.807) is 36.4 Å². The fourth-order valence-electron chi connectivity index (χ4n) is 3.61. The normalized spacial score (nSPS) is 18.1. The van der Waals surface area contributed by atoms with Gasteiger partial charge in [-0.15, -0.1) is 0 Å². The van der Waals surface area contributed by atoms with Gasteiger partial charge in [0.25, 0.3) is 11.7 Å². The second kappa shape index (κ2) is 9.87. The van der Waals surface area contributed by atoms with Crippen LogP contribution in [0.2, 0.25) is 0 Å². The lowest BCUT2D eigenvalue weighted by Crippen LogP contribution is -2.35. The van der Waals surface area contributed by atoms with Crippen LogP contribution >= 0.6 is 0 Å². The zero-order valence-electron chi connectivity index (χ0n) is 18.9. The summed E-state index contributed by atoms with van der Waals surface area (Å²) in [5.41, 5.74) is 0.944. The van der Waals surface area contributed by atoms with Gasteiger partial charge < -0.3 is 24.7 Å². The molecule has 32 heavy (non-hydrogen) atoms. The molecule has 0 bridgehead atoms. The first-order valence-corrected chi connectivity index (χ1v) is 10.6. The summed E-state index contributed by atoms with van der Waals surface area (Å²) in [7, 11) is 3.76. The number of likely N-dealkylation sites (N-methyl/N-ethyl adjacent to an activating group) is 1. The molecule has 3 rings (SSSR count). The number of hydrogen-bond acceptors (Lipinski definition) is 6. The van der Waals surface area contributed by atoms with Gasteiger partial charge in [-0.05, 0) is 49.8 Å². The number of ether oxygens (including phenoxy) is 1. The van der Waals surface area contributed by atoms with Crippen molar-refractivity contribution < 1.29 is 24.5 Å². The van der Waals surface area contributed by atoms with Crippen molar-refractivity contribution in [1.82, 2.24) is 9.80 Å². The van der Waals surface area contributed by atoms with Gasteiger partial charge in [0.2, 0.25) is 0 Å². The van der Waals surface area contributed by atoms with Crippen molar-refractivity contribution in [3.8, 4) is 11.5 Å². The molecule has 0 radical (unpaired) electrons. The van der Waals surface area contributed by atoms with E-state index in [0.29, 0.717) is 42.5 Å². The predicted octanol–water partition coefficient (Wildman–Crippen LogP) is 3.41. The SMILES string of the molecule is CC(C)COc1cccc(/C(O)=C2/C(=O)C(=O)N(CCN(C)C)C2c2cccc(O)c2)c1. The highest BCUT2D eigenvalue weighted by Crippen LogP contribution is 2.40. The average Bonchev–Trinajstić information content (AvgIpc) is 3.00. The van der Waals surface area contributed by atoms with E-state index in [9.17, 15) is 19.8 Å². The number of benzene rings is 2. The Kier molecular flexibility index (Phi) is 7.20. The number of carbonyl (C=O) groups is 2. The largest absolute Gasteiger partial charge is 0.508 e. The Labute approximate surface area is 188 Å². The number of rotatable bonds is 8. The Hall–Kier alpha value is -3.32. The van der Waals surface area contributed by atoms with E-state index in [0.717, 1.165) is 0 Å². The molecule has 2 aromatic carbocycles. The van der Waals surface area contributed by atoms with Crippen molar-refractivity contribution in [1.29, 1.82) is 0 Å². The molecule has 1 amide bonds. The smallest absolute Gasteiger partial charge is 0.295 e. The van der Waals surface area contributed by atoms with E-state index in [2.05, 4.69) is 0 Å². The number of aliphatic hydroxyl groups excluding tert-OH is 1. The minimum Gasteiger partial charge on any atom is -0.508 e. The second-order valence-corrected chi connectivity index (χ2v) is 8.62. The van der Waals surface area contributed by atoms with Crippen molar-refractivity contribution in [2.45, 2.75) is 19.9 Å². The summed E-state index contributed by atoms with van der Waals surface area (Å²) in [6.45, 7) is 5.43. The number of aliphatic hydroxyl groups is 1. The highest BCUT2D eigenvalue weighted by Gasteiger charge is 2.46. The number of carbonyl (C=O) groups excluding carboxylic acids is 2. The predicted molar refractivity (Wildman–Crippen MR) is 122 cm³/mol. The van der Waals surface area contributed by atoms with Crippen LogP contribution in [0, 0.1) is 5.92 Å². The van der Waals surface area contributed by atoms with Gasteiger partial charge in [-0.1, -0.05) is 38.1 Å². The lowest BCUT2D eigenvalue weighted by Gasteiger charge is -2.26. The van der Waals surface area contributed by atoms with Gasteiger partial charge in [-0.2, -0.15) is 0 Å². The fourth-order valence-corrected chi connectivity index (χ4v) is 3.61. The molecule has 2 aromatic rings. The van der Waals surface area contributed by atoms with Crippen LogP contribution in [0.3, 0.4) is 0 Å². The van der Waals surface area contributed by atoms with Gasteiger partial charge in [0.05, 0.1) is 18.2 Å². The third kappa shape index (κ3) is 5.11. The molecule has 2 N–H and O–H groups in total. The molecule has 1 unspecified atom stereocenters. The van der Waals surface area contributed by atoms with Crippen LogP contribution in [0.25, 0.3) is 5.76 Å². The Morgan fingerprint density at radius 2 is 1.84 bits per heavy atom. The molecule has 7 nitrogen and oxygen atoms in total. The second-order valence-electron chi connectivity index (χ2n) is 8.62. The van der Waals surface area contributed by atoms with Crippen LogP contribution in [0.1, 0.15) is 31.0 Å². The summed E-state index contributed by atoms with van der Waals surface area (Å²) < 4.78 is 5.75. The first-order valence-electron chi connectivity index (χ1n) is 10.6. The molecule has 0 saturated carbocycles. The van der Waals surface area contributed by atoms with E-state index < -0.39 is 17.7 Å². The number of aromatic hydroxyl groups is 1. The molecule has 7 heteroatoms. The van der Waals surface area contributed by atoms with Gasteiger partial charge in [0.15, 0.2) is 0 Å². The highest BCUT2D eigenvalue weighted by atomic mass is 16.5. The number of likely N-dealkylation sites (tertiary alicyclic amines) is 1. The van der Waals surface area contributed by atoms with Crippen molar-refractivity contribution in [3.05, 3.63) is 65.2 Å². The van der Waals surface area contributed by atoms with E-state index in [4.69, 9.17) is 4.74 Å². The maximum Gasteiger partial charge on any atom is 0.295 e. The maximum atomic E-state index is 13.0. The standard InChI is InChI=1S/C25H30N2O5/c1-16(2)15-32-20-10-6-8-18(14-20)23(29)21-22(17-7-5-9-19(28)13-17)27(12-11-26(3)4)25(31)24(21)30/h5-10,13-14,16,22,28-29H,11-12,15H2,1-4H3/b23-21-. The van der Waals surface area contributed by atoms with Crippen molar-refractivity contribution in [2.24, 2.45) is 5.92 Å². The highest BCUT2D eigenvalue weighted by molar-refractivity contribution is 6.46. The Balaban J connectivity index is 2.08.